The lowest BCUT2D eigenvalue weighted by atomic mass is 9.58. The van der Waals surface area contributed by atoms with E-state index in [1.165, 1.54) is 0 Å². The zero-order chi connectivity index (χ0) is 14.0. The number of aliphatic hydroxyl groups excluding tert-OH is 1. The van der Waals surface area contributed by atoms with Crippen molar-refractivity contribution in [3.8, 4) is 0 Å². The minimum absolute atomic E-state index is 0.0922. The van der Waals surface area contributed by atoms with E-state index in [1.54, 1.807) is 0 Å². The normalized spacial score (nSPS) is 45.9. The summed E-state index contributed by atoms with van der Waals surface area (Å²) in [4.78, 5) is 11.7. The number of hydrogen-bond donors (Lipinski definition) is 2. The fourth-order valence-corrected chi connectivity index (χ4v) is 3.90. The second-order valence-electron chi connectivity index (χ2n) is 6.40. The monoisotopic (exact) mass is 264 g/mol. The average molecular weight is 264 g/mol. The summed E-state index contributed by atoms with van der Waals surface area (Å²) < 4.78 is 5.38. The number of carbonyl (C=O) groups is 1. The van der Waals surface area contributed by atoms with Crippen LogP contribution in [-0.2, 0) is 9.53 Å². The lowest BCUT2D eigenvalue weighted by molar-refractivity contribution is -0.141. The van der Waals surface area contributed by atoms with Crippen molar-refractivity contribution >= 4 is 5.97 Å². The molecule has 1 heterocycles. The van der Waals surface area contributed by atoms with Crippen molar-refractivity contribution < 1.29 is 19.7 Å². The van der Waals surface area contributed by atoms with Gasteiger partial charge in [0.2, 0.25) is 0 Å². The molecule has 2 fully saturated rings. The standard InChI is InChI=1S/C15H20O4/c1-8-10(16)4-5-14(3)6-7-15(18)9(2)13(17)19-12(15)11(8)14/h10,12,16,18H,2,4-7H2,1,3H3/t10-,12?,14-,15-/m1/s1. The van der Waals surface area contributed by atoms with Gasteiger partial charge in [-0.25, -0.2) is 4.79 Å². The number of carbonyl (C=O) groups excluding carboxylic acids is 1. The second kappa shape index (κ2) is 3.70. The average Bonchev–Trinajstić information content (AvgIpc) is 2.59. The Morgan fingerprint density at radius 1 is 1.37 bits per heavy atom. The minimum Gasteiger partial charge on any atom is -0.451 e. The number of esters is 1. The Morgan fingerprint density at radius 2 is 2.05 bits per heavy atom. The van der Waals surface area contributed by atoms with Gasteiger partial charge in [-0.2, -0.15) is 0 Å². The maximum absolute atomic E-state index is 11.7. The summed E-state index contributed by atoms with van der Waals surface area (Å²) in [6, 6.07) is 0. The molecule has 0 spiro atoms. The van der Waals surface area contributed by atoms with E-state index >= 15 is 0 Å². The van der Waals surface area contributed by atoms with Gasteiger partial charge in [-0.05, 0) is 49.2 Å². The molecule has 0 bridgehead atoms. The molecule has 0 radical (unpaired) electrons. The van der Waals surface area contributed by atoms with Crippen LogP contribution in [0.3, 0.4) is 0 Å². The molecule has 3 rings (SSSR count). The highest BCUT2D eigenvalue weighted by atomic mass is 16.6. The summed E-state index contributed by atoms with van der Waals surface area (Å²) in [6.07, 6.45) is 1.70. The molecule has 1 saturated heterocycles. The predicted molar refractivity (Wildman–Crippen MR) is 69.3 cm³/mol. The topological polar surface area (TPSA) is 66.8 Å². The van der Waals surface area contributed by atoms with Crippen LogP contribution in [0, 0.1) is 5.41 Å². The number of rotatable bonds is 0. The van der Waals surface area contributed by atoms with Crippen molar-refractivity contribution in [2.75, 3.05) is 0 Å². The SMILES string of the molecule is C=C1C(=O)OC2C3=C(C)[C@H](O)CC[C@]3(C)CC[C@@]12O. The molecule has 0 aromatic carbocycles. The van der Waals surface area contributed by atoms with Gasteiger partial charge in [-0.1, -0.05) is 13.5 Å². The first-order chi connectivity index (χ1) is 8.79. The van der Waals surface area contributed by atoms with Crippen molar-refractivity contribution in [2.45, 2.75) is 57.3 Å². The fraction of sp³-hybridized carbons (Fsp3) is 0.667. The van der Waals surface area contributed by atoms with E-state index in [4.69, 9.17) is 4.74 Å². The van der Waals surface area contributed by atoms with E-state index in [9.17, 15) is 15.0 Å². The molecule has 0 aromatic rings. The van der Waals surface area contributed by atoms with Crippen LogP contribution in [0.4, 0.5) is 0 Å². The summed E-state index contributed by atoms with van der Waals surface area (Å²) in [5.74, 6) is -0.517. The third-order valence-electron chi connectivity index (χ3n) is 5.29. The molecular weight excluding hydrogens is 244 g/mol. The van der Waals surface area contributed by atoms with Crippen LogP contribution >= 0.6 is 0 Å². The molecule has 1 saturated carbocycles. The predicted octanol–water partition coefficient (Wildman–Crippen LogP) is 1.47. The van der Waals surface area contributed by atoms with E-state index in [0.717, 1.165) is 30.4 Å². The highest BCUT2D eigenvalue weighted by Gasteiger charge is 2.60. The smallest absolute Gasteiger partial charge is 0.337 e. The Morgan fingerprint density at radius 3 is 2.74 bits per heavy atom. The van der Waals surface area contributed by atoms with Crippen LogP contribution < -0.4 is 0 Å². The van der Waals surface area contributed by atoms with Crippen molar-refractivity contribution in [1.29, 1.82) is 0 Å². The Labute approximate surface area is 112 Å². The molecule has 4 heteroatoms. The summed E-state index contributed by atoms with van der Waals surface area (Å²) in [7, 11) is 0. The Kier molecular flexibility index (Phi) is 2.51. The molecule has 1 aliphatic heterocycles. The molecule has 2 N–H and O–H groups in total. The van der Waals surface area contributed by atoms with Crippen molar-refractivity contribution in [2.24, 2.45) is 5.41 Å². The maximum Gasteiger partial charge on any atom is 0.337 e. The van der Waals surface area contributed by atoms with E-state index in [-0.39, 0.29) is 11.0 Å². The van der Waals surface area contributed by atoms with Crippen LogP contribution in [0.15, 0.2) is 23.3 Å². The fourth-order valence-electron chi connectivity index (χ4n) is 3.90. The number of ether oxygens (including phenoxy) is 1. The van der Waals surface area contributed by atoms with Gasteiger partial charge in [-0.15, -0.1) is 0 Å². The largest absolute Gasteiger partial charge is 0.451 e. The van der Waals surface area contributed by atoms with E-state index in [1.807, 2.05) is 6.92 Å². The highest BCUT2D eigenvalue weighted by molar-refractivity contribution is 5.93. The van der Waals surface area contributed by atoms with Gasteiger partial charge in [0.05, 0.1) is 11.7 Å². The van der Waals surface area contributed by atoms with Crippen LogP contribution in [0.1, 0.15) is 39.5 Å². The van der Waals surface area contributed by atoms with Gasteiger partial charge >= 0.3 is 5.97 Å². The summed E-state index contributed by atoms with van der Waals surface area (Å²) >= 11 is 0. The van der Waals surface area contributed by atoms with E-state index in [2.05, 4.69) is 13.5 Å². The molecule has 4 nitrogen and oxygen atoms in total. The quantitative estimate of drug-likeness (QED) is 0.395. The first-order valence-electron chi connectivity index (χ1n) is 6.81. The first kappa shape index (κ1) is 12.9. The van der Waals surface area contributed by atoms with Crippen molar-refractivity contribution in [3.05, 3.63) is 23.3 Å². The van der Waals surface area contributed by atoms with Gasteiger partial charge in [0.15, 0.2) is 6.10 Å². The molecule has 1 unspecified atom stereocenters. The van der Waals surface area contributed by atoms with Gasteiger partial charge < -0.3 is 14.9 Å². The number of hydrogen-bond acceptors (Lipinski definition) is 4. The van der Waals surface area contributed by atoms with Crippen molar-refractivity contribution in [3.63, 3.8) is 0 Å². The van der Waals surface area contributed by atoms with Gasteiger partial charge in [-0.3, -0.25) is 0 Å². The first-order valence-corrected chi connectivity index (χ1v) is 6.81. The molecule has 19 heavy (non-hydrogen) atoms. The van der Waals surface area contributed by atoms with E-state index in [0.29, 0.717) is 6.42 Å². The van der Waals surface area contributed by atoms with Crippen LogP contribution in [-0.4, -0.2) is 34.0 Å². The van der Waals surface area contributed by atoms with Crippen LogP contribution in [0.25, 0.3) is 0 Å². The summed E-state index contributed by atoms with van der Waals surface area (Å²) in [6.45, 7) is 7.69. The highest BCUT2D eigenvalue weighted by Crippen LogP contribution is 2.56. The molecule has 2 aliphatic carbocycles. The molecule has 0 amide bonds. The third kappa shape index (κ3) is 1.50. The van der Waals surface area contributed by atoms with Crippen LogP contribution in [0.5, 0.6) is 0 Å². The summed E-state index contributed by atoms with van der Waals surface area (Å²) in [5, 5.41) is 20.8. The van der Waals surface area contributed by atoms with Crippen molar-refractivity contribution in [1.82, 2.24) is 0 Å². The zero-order valence-electron chi connectivity index (χ0n) is 11.4. The zero-order valence-corrected chi connectivity index (χ0v) is 11.4. The van der Waals surface area contributed by atoms with Gasteiger partial charge in [0.25, 0.3) is 0 Å². The minimum atomic E-state index is -1.29. The van der Waals surface area contributed by atoms with Gasteiger partial charge in [0.1, 0.15) is 5.60 Å². The second-order valence-corrected chi connectivity index (χ2v) is 6.40. The number of fused-ring (bicyclic) bond motifs is 3. The molecular formula is C15H20O4. The molecule has 104 valence electrons. The summed E-state index contributed by atoms with van der Waals surface area (Å²) in [5.41, 5.74) is 0.529. The molecule has 4 atom stereocenters. The lowest BCUT2D eigenvalue weighted by Crippen LogP contribution is -2.51. The van der Waals surface area contributed by atoms with Gasteiger partial charge in [0, 0.05) is 0 Å². The van der Waals surface area contributed by atoms with Crippen LogP contribution in [0.2, 0.25) is 0 Å². The Hall–Kier alpha value is -1.13. The number of aliphatic hydroxyl groups is 2. The molecule has 3 aliphatic rings. The molecule has 0 aromatic heterocycles. The third-order valence-corrected chi connectivity index (χ3v) is 5.29. The lowest BCUT2D eigenvalue weighted by Gasteiger charge is -2.49. The van der Waals surface area contributed by atoms with E-state index < -0.39 is 23.8 Å². The Balaban J connectivity index is 2.15. The maximum atomic E-state index is 11.7. The Bertz CT molecular complexity index is 506.